The van der Waals surface area contributed by atoms with Crippen LogP contribution >= 0.6 is 15.9 Å². The van der Waals surface area contributed by atoms with E-state index in [2.05, 4.69) is 21.2 Å². The summed E-state index contributed by atoms with van der Waals surface area (Å²) in [6, 6.07) is 6.40. The van der Waals surface area contributed by atoms with Crippen LogP contribution in [0, 0.1) is 0 Å². The molecule has 0 bridgehead atoms. The first-order valence-electron chi connectivity index (χ1n) is 7.61. The smallest absolute Gasteiger partial charge is 0.331 e. The maximum absolute atomic E-state index is 12.6. The first-order valence-corrected chi connectivity index (χ1v) is 8.40. The second-order valence-corrected chi connectivity index (χ2v) is 6.72. The number of hydrogen-bond donors (Lipinski definition) is 1. The van der Waals surface area contributed by atoms with E-state index in [1.165, 1.54) is 0 Å². The van der Waals surface area contributed by atoms with Gasteiger partial charge in [0.05, 0.1) is 4.47 Å². The average Bonchev–Trinajstić information content (AvgIpc) is 2.75. The zero-order chi connectivity index (χ0) is 16.4. The van der Waals surface area contributed by atoms with Crippen LogP contribution in [0.2, 0.25) is 0 Å². The molecule has 1 aromatic rings. The van der Waals surface area contributed by atoms with Crippen molar-refractivity contribution in [3.63, 3.8) is 0 Å². The average molecular weight is 381 g/mol. The summed E-state index contributed by atoms with van der Waals surface area (Å²) >= 11 is 3.28. The Hall–Kier alpha value is -1.89. The van der Waals surface area contributed by atoms with Gasteiger partial charge in [-0.3, -0.25) is 9.69 Å². The molecule has 6 nitrogen and oxygen atoms in total. The van der Waals surface area contributed by atoms with Crippen molar-refractivity contribution >= 4 is 33.8 Å². The predicted octanol–water partition coefficient (Wildman–Crippen LogP) is 2.61. The zero-order valence-electron chi connectivity index (χ0n) is 12.5. The van der Waals surface area contributed by atoms with Gasteiger partial charge in [0.15, 0.2) is 0 Å². The van der Waals surface area contributed by atoms with Crippen LogP contribution in [-0.4, -0.2) is 34.9 Å². The molecule has 122 valence electrons. The molecule has 3 rings (SSSR count). The second-order valence-electron chi connectivity index (χ2n) is 5.87. The van der Waals surface area contributed by atoms with Crippen molar-refractivity contribution in [1.82, 2.24) is 10.2 Å². The molecule has 0 aromatic heterocycles. The molecule has 3 amide bonds. The highest BCUT2D eigenvalue weighted by atomic mass is 79.9. The minimum absolute atomic E-state index is 0.314. The molecule has 1 saturated heterocycles. The van der Waals surface area contributed by atoms with Crippen molar-refractivity contribution in [2.24, 2.45) is 0 Å². The number of imide groups is 1. The molecule has 0 radical (unpaired) electrons. The summed E-state index contributed by atoms with van der Waals surface area (Å²) in [6.07, 6.45) is 4.14. The number of carbonyl (C=O) groups excluding carboxylic acids is 3. The van der Waals surface area contributed by atoms with Gasteiger partial charge in [-0.1, -0.05) is 31.4 Å². The highest BCUT2D eigenvalue weighted by Gasteiger charge is 2.51. The number of benzene rings is 1. The lowest BCUT2D eigenvalue weighted by Crippen LogP contribution is -2.48. The Labute approximate surface area is 142 Å². The maximum atomic E-state index is 12.6. The van der Waals surface area contributed by atoms with E-state index >= 15 is 0 Å². The third kappa shape index (κ3) is 3.10. The van der Waals surface area contributed by atoms with Crippen LogP contribution in [0.4, 0.5) is 4.79 Å². The lowest BCUT2D eigenvalue weighted by Gasteiger charge is -2.30. The molecule has 1 N–H and O–H groups in total. The van der Waals surface area contributed by atoms with Gasteiger partial charge in [0.1, 0.15) is 17.8 Å². The number of carbonyl (C=O) groups is 3. The lowest BCUT2D eigenvalue weighted by molar-refractivity contribution is -0.141. The fourth-order valence-electron chi connectivity index (χ4n) is 3.13. The molecule has 2 aliphatic rings. The highest BCUT2D eigenvalue weighted by Crippen LogP contribution is 2.33. The van der Waals surface area contributed by atoms with Crippen LogP contribution in [0.1, 0.15) is 32.1 Å². The Morgan fingerprint density at radius 3 is 2.61 bits per heavy atom. The van der Waals surface area contributed by atoms with E-state index in [-0.39, 0.29) is 12.5 Å². The highest BCUT2D eigenvalue weighted by molar-refractivity contribution is 9.10. The minimum atomic E-state index is -0.817. The SMILES string of the molecule is O=C(CN1C(=O)NC2(CCCCC2)C1=O)Oc1ccccc1Br. The summed E-state index contributed by atoms with van der Waals surface area (Å²) in [7, 11) is 0. The number of para-hydroxylation sites is 1. The summed E-state index contributed by atoms with van der Waals surface area (Å²) in [6.45, 7) is -0.381. The molecule has 1 aromatic carbocycles. The van der Waals surface area contributed by atoms with Gasteiger partial charge < -0.3 is 10.1 Å². The fraction of sp³-hybridized carbons (Fsp3) is 0.438. The van der Waals surface area contributed by atoms with Gasteiger partial charge >= 0.3 is 12.0 Å². The first-order chi connectivity index (χ1) is 11.0. The van der Waals surface area contributed by atoms with Crippen LogP contribution in [0.25, 0.3) is 0 Å². The Morgan fingerprint density at radius 1 is 1.22 bits per heavy atom. The van der Waals surface area contributed by atoms with Crippen molar-refractivity contribution in [1.29, 1.82) is 0 Å². The van der Waals surface area contributed by atoms with Gasteiger partial charge in [-0.2, -0.15) is 0 Å². The van der Waals surface area contributed by atoms with E-state index < -0.39 is 17.5 Å². The molecule has 1 saturated carbocycles. The number of ether oxygens (including phenoxy) is 1. The monoisotopic (exact) mass is 380 g/mol. The molecule has 0 atom stereocenters. The van der Waals surface area contributed by atoms with Gasteiger partial charge in [-0.05, 0) is 40.9 Å². The quantitative estimate of drug-likeness (QED) is 0.496. The first kappa shape index (κ1) is 16.0. The Morgan fingerprint density at radius 2 is 1.91 bits per heavy atom. The van der Waals surface area contributed by atoms with Crippen LogP contribution in [0.3, 0.4) is 0 Å². The molecular weight excluding hydrogens is 364 g/mol. The summed E-state index contributed by atoms with van der Waals surface area (Å²) in [5.41, 5.74) is -0.817. The Bertz CT molecular complexity index is 655. The third-order valence-corrected chi connectivity index (χ3v) is 4.96. The van der Waals surface area contributed by atoms with Crippen molar-refractivity contribution < 1.29 is 19.1 Å². The minimum Gasteiger partial charge on any atom is -0.424 e. The van der Waals surface area contributed by atoms with E-state index in [1.54, 1.807) is 24.3 Å². The molecule has 7 heteroatoms. The fourth-order valence-corrected chi connectivity index (χ4v) is 3.49. The number of amides is 3. The number of rotatable bonds is 3. The maximum Gasteiger partial charge on any atom is 0.331 e. The van der Waals surface area contributed by atoms with Gasteiger partial charge in [0, 0.05) is 0 Å². The van der Waals surface area contributed by atoms with Crippen LogP contribution in [0.5, 0.6) is 5.75 Å². The van der Waals surface area contributed by atoms with Gasteiger partial charge in [-0.25, -0.2) is 9.59 Å². The topological polar surface area (TPSA) is 75.7 Å². The number of nitrogens with one attached hydrogen (secondary N) is 1. The standard InChI is InChI=1S/C16H17BrN2O4/c17-11-6-2-3-7-12(11)23-13(20)10-19-14(21)16(18-15(19)22)8-4-1-5-9-16/h2-3,6-7H,1,4-5,8-10H2,(H,18,22). The van der Waals surface area contributed by atoms with Gasteiger partial charge in [-0.15, -0.1) is 0 Å². The van der Waals surface area contributed by atoms with E-state index in [9.17, 15) is 14.4 Å². The summed E-state index contributed by atoms with van der Waals surface area (Å²) in [5, 5.41) is 2.77. The van der Waals surface area contributed by atoms with E-state index in [1.807, 2.05) is 0 Å². The van der Waals surface area contributed by atoms with E-state index in [0.717, 1.165) is 24.2 Å². The molecule has 23 heavy (non-hydrogen) atoms. The van der Waals surface area contributed by atoms with E-state index in [0.29, 0.717) is 23.1 Å². The third-order valence-electron chi connectivity index (χ3n) is 4.30. The number of nitrogens with zero attached hydrogens (tertiary/aromatic N) is 1. The molecule has 1 aliphatic heterocycles. The van der Waals surface area contributed by atoms with E-state index in [4.69, 9.17) is 4.74 Å². The second kappa shape index (κ2) is 6.31. The molecular formula is C16H17BrN2O4. The summed E-state index contributed by atoms with van der Waals surface area (Å²) < 4.78 is 5.85. The lowest BCUT2D eigenvalue weighted by atomic mass is 9.82. The van der Waals surface area contributed by atoms with Crippen LogP contribution < -0.4 is 10.1 Å². The molecule has 1 aliphatic carbocycles. The van der Waals surface area contributed by atoms with Crippen molar-refractivity contribution in [2.45, 2.75) is 37.6 Å². The Kier molecular flexibility index (Phi) is 4.39. The number of esters is 1. The van der Waals surface area contributed by atoms with Crippen molar-refractivity contribution in [3.8, 4) is 5.75 Å². The van der Waals surface area contributed by atoms with Crippen LogP contribution in [0.15, 0.2) is 28.7 Å². The van der Waals surface area contributed by atoms with Crippen molar-refractivity contribution in [2.75, 3.05) is 6.54 Å². The summed E-state index contributed by atoms with van der Waals surface area (Å²) in [5.74, 6) is -0.600. The largest absolute Gasteiger partial charge is 0.424 e. The van der Waals surface area contributed by atoms with Crippen LogP contribution in [-0.2, 0) is 9.59 Å². The zero-order valence-corrected chi connectivity index (χ0v) is 14.1. The molecule has 2 fully saturated rings. The van der Waals surface area contributed by atoms with Crippen molar-refractivity contribution in [3.05, 3.63) is 28.7 Å². The molecule has 0 unspecified atom stereocenters. The normalized spacial score (nSPS) is 19.8. The number of urea groups is 1. The Balaban J connectivity index is 1.68. The molecule has 1 spiro atoms. The predicted molar refractivity (Wildman–Crippen MR) is 85.8 cm³/mol. The summed E-state index contributed by atoms with van der Waals surface area (Å²) in [4.78, 5) is 37.7. The number of hydrogen-bond acceptors (Lipinski definition) is 4. The number of halogens is 1. The molecule has 1 heterocycles. The van der Waals surface area contributed by atoms with Gasteiger partial charge in [0.25, 0.3) is 5.91 Å². The van der Waals surface area contributed by atoms with Gasteiger partial charge in [0.2, 0.25) is 0 Å².